The van der Waals surface area contributed by atoms with Gasteiger partial charge in [0.05, 0.1) is 10.5 Å². The van der Waals surface area contributed by atoms with Crippen LogP contribution in [-0.4, -0.2) is 15.0 Å². The van der Waals surface area contributed by atoms with Crippen LogP contribution in [0.25, 0.3) is 22.6 Å². The molecule has 0 saturated heterocycles. The number of pyridine rings is 1. The average molecular weight is 313 g/mol. The molecular formula is C13H8Cl3N3. The Labute approximate surface area is 124 Å². The smallest absolute Gasteiger partial charge is 0.179 e. The number of rotatable bonds is 1. The number of aromatic nitrogens is 3. The lowest BCUT2D eigenvalue weighted by Crippen LogP contribution is -1.82. The molecule has 0 aliphatic carbocycles. The van der Waals surface area contributed by atoms with Crippen LogP contribution in [0.4, 0.5) is 0 Å². The molecule has 1 aromatic carbocycles. The summed E-state index contributed by atoms with van der Waals surface area (Å²) >= 11 is 17.9. The van der Waals surface area contributed by atoms with Crippen LogP contribution in [0.15, 0.2) is 24.3 Å². The van der Waals surface area contributed by atoms with Crippen LogP contribution in [0.5, 0.6) is 0 Å². The average Bonchev–Trinajstić information content (AvgIpc) is 2.76. The van der Waals surface area contributed by atoms with Gasteiger partial charge in [0, 0.05) is 10.6 Å². The first kappa shape index (κ1) is 12.7. The molecule has 3 nitrogen and oxygen atoms in total. The quantitative estimate of drug-likeness (QED) is 0.650. The predicted octanol–water partition coefficient (Wildman–Crippen LogP) is 4.89. The minimum atomic E-state index is 0.245. The zero-order valence-corrected chi connectivity index (χ0v) is 12.1. The lowest BCUT2D eigenvalue weighted by atomic mass is 10.1. The van der Waals surface area contributed by atoms with E-state index in [-0.39, 0.29) is 5.15 Å². The Kier molecular flexibility index (Phi) is 3.13. The van der Waals surface area contributed by atoms with Crippen molar-refractivity contribution < 1.29 is 0 Å². The highest BCUT2D eigenvalue weighted by Crippen LogP contribution is 2.27. The molecule has 0 saturated carbocycles. The Morgan fingerprint density at radius 1 is 1.00 bits per heavy atom. The number of benzene rings is 1. The number of H-pyrrole nitrogens is 1. The Morgan fingerprint density at radius 2 is 1.79 bits per heavy atom. The second kappa shape index (κ2) is 4.67. The molecule has 2 aromatic heterocycles. The summed E-state index contributed by atoms with van der Waals surface area (Å²) in [6.45, 7) is 1.95. The van der Waals surface area contributed by atoms with E-state index >= 15 is 0 Å². The third-order valence-corrected chi connectivity index (χ3v) is 3.91. The molecule has 19 heavy (non-hydrogen) atoms. The lowest BCUT2D eigenvalue weighted by molar-refractivity contribution is 1.30. The van der Waals surface area contributed by atoms with Crippen molar-refractivity contribution in [1.29, 1.82) is 0 Å². The van der Waals surface area contributed by atoms with Crippen molar-refractivity contribution >= 4 is 46.0 Å². The standard InChI is InChI=1S/C13H8Cl3N3/c1-6-2-3-7(4-8(6)14)12-17-10-5-9(15)11(16)18-13(10)19-12/h2-5H,1H3,(H,17,18,19). The number of aromatic amines is 1. The van der Waals surface area contributed by atoms with Crippen molar-refractivity contribution in [3.05, 3.63) is 45.0 Å². The first-order valence-electron chi connectivity index (χ1n) is 5.53. The summed E-state index contributed by atoms with van der Waals surface area (Å²) in [6, 6.07) is 7.46. The van der Waals surface area contributed by atoms with Gasteiger partial charge in [0.1, 0.15) is 11.0 Å². The highest BCUT2D eigenvalue weighted by molar-refractivity contribution is 6.41. The number of nitrogens with one attached hydrogen (secondary N) is 1. The molecule has 0 spiro atoms. The first-order valence-corrected chi connectivity index (χ1v) is 6.66. The molecule has 1 N–H and O–H groups in total. The van der Waals surface area contributed by atoms with E-state index in [0.717, 1.165) is 16.6 Å². The Hall–Kier alpha value is -1.29. The van der Waals surface area contributed by atoms with E-state index in [1.54, 1.807) is 6.07 Å². The monoisotopic (exact) mass is 311 g/mol. The lowest BCUT2D eigenvalue weighted by Gasteiger charge is -2.00. The van der Waals surface area contributed by atoms with E-state index in [0.29, 0.717) is 21.5 Å². The van der Waals surface area contributed by atoms with Crippen LogP contribution in [0.3, 0.4) is 0 Å². The van der Waals surface area contributed by atoms with E-state index in [9.17, 15) is 0 Å². The number of nitrogens with zero attached hydrogens (tertiary/aromatic N) is 2. The maximum Gasteiger partial charge on any atom is 0.179 e. The van der Waals surface area contributed by atoms with Gasteiger partial charge in [-0.15, -0.1) is 0 Å². The van der Waals surface area contributed by atoms with Gasteiger partial charge >= 0.3 is 0 Å². The van der Waals surface area contributed by atoms with Crippen molar-refractivity contribution in [1.82, 2.24) is 15.0 Å². The van der Waals surface area contributed by atoms with Gasteiger partial charge in [-0.3, -0.25) is 0 Å². The van der Waals surface area contributed by atoms with E-state index in [1.165, 1.54) is 0 Å². The Balaban J connectivity index is 2.17. The van der Waals surface area contributed by atoms with E-state index < -0.39 is 0 Å². The minimum Gasteiger partial charge on any atom is -0.337 e. The Bertz CT molecular complexity index is 741. The van der Waals surface area contributed by atoms with Crippen molar-refractivity contribution in [2.45, 2.75) is 6.92 Å². The number of aryl methyl sites for hydroxylation is 1. The zero-order valence-electron chi connectivity index (χ0n) is 9.84. The van der Waals surface area contributed by atoms with E-state index in [2.05, 4.69) is 15.0 Å². The molecule has 0 amide bonds. The largest absolute Gasteiger partial charge is 0.337 e. The number of halogens is 3. The molecular weight excluding hydrogens is 305 g/mol. The van der Waals surface area contributed by atoms with Gasteiger partial charge in [0.15, 0.2) is 5.65 Å². The molecule has 0 aliphatic rings. The number of hydrogen-bond acceptors (Lipinski definition) is 2. The molecule has 3 rings (SSSR count). The minimum absolute atomic E-state index is 0.245. The fourth-order valence-electron chi connectivity index (χ4n) is 1.77. The molecule has 0 atom stereocenters. The van der Waals surface area contributed by atoms with Gasteiger partial charge in [-0.1, -0.05) is 46.9 Å². The molecule has 96 valence electrons. The molecule has 0 radical (unpaired) electrons. The summed E-state index contributed by atoms with van der Waals surface area (Å²) in [5.41, 5.74) is 3.17. The molecule has 0 fully saturated rings. The maximum absolute atomic E-state index is 6.11. The van der Waals surface area contributed by atoms with Crippen LogP contribution in [0.1, 0.15) is 5.56 Å². The van der Waals surface area contributed by atoms with Crippen LogP contribution < -0.4 is 0 Å². The second-order valence-corrected chi connectivity index (χ2v) is 5.35. The first-order chi connectivity index (χ1) is 9.04. The highest BCUT2D eigenvalue weighted by atomic mass is 35.5. The van der Waals surface area contributed by atoms with Gasteiger partial charge in [0.2, 0.25) is 0 Å². The van der Waals surface area contributed by atoms with Crippen LogP contribution in [-0.2, 0) is 0 Å². The fourth-order valence-corrected chi connectivity index (χ4v) is 2.24. The fraction of sp³-hybridized carbons (Fsp3) is 0.0769. The van der Waals surface area contributed by atoms with E-state index in [1.807, 2.05) is 25.1 Å². The number of hydrogen-bond donors (Lipinski definition) is 1. The van der Waals surface area contributed by atoms with Crippen molar-refractivity contribution in [2.75, 3.05) is 0 Å². The third-order valence-electron chi connectivity index (χ3n) is 2.83. The number of fused-ring (bicyclic) bond motifs is 1. The summed E-state index contributed by atoms with van der Waals surface area (Å²) in [6.07, 6.45) is 0. The molecule has 6 heteroatoms. The summed E-state index contributed by atoms with van der Waals surface area (Å²) < 4.78 is 0. The van der Waals surface area contributed by atoms with E-state index in [4.69, 9.17) is 34.8 Å². The highest BCUT2D eigenvalue weighted by Gasteiger charge is 2.10. The van der Waals surface area contributed by atoms with Gasteiger partial charge < -0.3 is 4.98 Å². The zero-order chi connectivity index (χ0) is 13.6. The second-order valence-electron chi connectivity index (χ2n) is 4.18. The molecule has 3 aromatic rings. The Morgan fingerprint density at radius 3 is 2.53 bits per heavy atom. The number of imidazole rings is 1. The third kappa shape index (κ3) is 2.29. The molecule has 2 heterocycles. The van der Waals surface area contributed by atoms with Gasteiger partial charge in [0.25, 0.3) is 0 Å². The van der Waals surface area contributed by atoms with Crippen LogP contribution in [0.2, 0.25) is 15.2 Å². The summed E-state index contributed by atoms with van der Waals surface area (Å²) in [7, 11) is 0. The molecule has 0 unspecified atom stereocenters. The molecule has 0 aliphatic heterocycles. The SMILES string of the molecule is Cc1ccc(-c2nc3nc(Cl)c(Cl)cc3[nH]2)cc1Cl. The summed E-state index contributed by atoms with van der Waals surface area (Å²) in [5, 5.41) is 1.34. The van der Waals surface area contributed by atoms with Gasteiger partial charge in [-0.25, -0.2) is 9.97 Å². The molecule has 0 bridgehead atoms. The topological polar surface area (TPSA) is 41.6 Å². The van der Waals surface area contributed by atoms with Crippen molar-refractivity contribution in [3.8, 4) is 11.4 Å². The summed E-state index contributed by atoms with van der Waals surface area (Å²) in [5.74, 6) is 0.683. The van der Waals surface area contributed by atoms with Crippen LogP contribution in [0, 0.1) is 6.92 Å². The van der Waals surface area contributed by atoms with Crippen LogP contribution >= 0.6 is 34.8 Å². The summed E-state index contributed by atoms with van der Waals surface area (Å²) in [4.78, 5) is 11.7. The maximum atomic E-state index is 6.11. The normalized spacial score (nSPS) is 11.2. The van der Waals surface area contributed by atoms with Gasteiger partial charge in [-0.05, 0) is 24.6 Å². The van der Waals surface area contributed by atoms with Crippen molar-refractivity contribution in [3.63, 3.8) is 0 Å². The van der Waals surface area contributed by atoms with Crippen molar-refractivity contribution in [2.24, 2.45) is 0 Å². The van der Waals surface area contributed by atoms with Gasteiger partial charge in [-0.2, -0.15) is 0 Å². The predicted molar refractivity (Wildman–Crippen MR) is 79.1 cm³/mol.